The van der Waals surface area contributed by atoms with Crippen LogP contribution < -0.4 is 5.32 Å². The molecule has 4 nitrogen and oxygen atoms in total. The molecular weight excluding hydrogens is 276 g/mol. The van der Waals surface area contributed by atoms with Crippen LogP contribution in [0.3, 0.4) is 0 Å². The highest BCUT2D eigenvalue weighted by molar-refractivity contribution is 5.93. The molecule has 1 saturated carbocycles. The minimum atomic E-state index is 0.0371. The number of allylic oxidation sites excluding steroid dienone is 1. The van der Waals surface area contributed by atoms with Crippen LogP contribution in [-0.2, 0) is 9.59 Å². The summed E-state index contributed by atoms with van der Waals surface area (Å²) >= 11 is 0. The predicted octanol–water partition coefficient (Wildman–Crippen LogP) is 2.87. The summed E-state index contributed by atoms with van der Waals surface area (Å²) in [6.07, 6.45) is 7.20. The van der Waals surface area contributed by atoms with Crippen LogP contribution in [0.15, 0.2) is 24.4 Å². The van der Waals surface area contributed by atoms with Gasteiger partial charge in [0.25, 0.3) is 5.91 Å². The van der Waals surface area contributed by atoms with Crippen molar-refractivity contribution in [2.75, 3.05) is 13.1 Å². The maximum absolute atomic E-state index is 12.2. The Balaban J connectivity index is 1.75. The van der Waals surface area contributed by atoms with E-state index in [0.717, 1.165) is 44.5 Å². The van der Waals surface area contributed by atoms with Crippen molar-refractivity contribution in [3.05, 3.63) is 24.4 Å². The Hall–Kier alpha value is -1.58. The largest absolute Gasteiger partial charge is 0.355 e. The Morgan fingerprint density at radius 2 is 1.91 bits per heavy atom. The highest BCUT2D eigenvalue weighted by Gasteiger charge is 2.29. The molecule has 2 rings (SSSR count). The van der Waals surface area contributed by atoms with E-state index in [0.29, 0.717) is 5.92 Å². The van der Waals surface area contributed by atoms with E-state index < -0.39 is 0 Å². The zero-order valence-electron chi connectivity index (χ0n) is 14.0. The van der Waals surface area contributed by atoms with Crippen molar-refractivity contribution in [2.24, 2.45) is 17.3 Å². The summed E-state index contributed by atoms with van der Waals surface area (Å²) in [5, 5.41) is 3.07. The third-order valence-electron chi connectivity index (χ3n) is 4.48. The maximum Gasteiger partial charge on any atom is 0.251 e. The van der Waals surface area contributed by atoms with Crippen molar-refractivity contribution in [1.82, 2.24) is 10.2 Å². The van der Waals surface area contributed by atoms with Gasteiger partial charge < -0.3 is 10.2 Å². The van der Waals surface area contributed by atoms with Crippen molar-refractivity contribution in [1.29, 1.82) is 0 Å². The number of nitrogens with one attached hydrogen (secondary N) is 1. The summed E-state index contributed by atoms with van der Waals surface area (Å²) in [5.41, 5.74) is 0.908. The van der Waals surface area contributed by atoms with Crippen LogP contribution in [0.1, 0.15) is 46.5 Å². The van der Waals surface area contributed by atoms with E-state index in [-0.39, 0.29) is 23.1 Å². The van der Waals surface area contributed by atoms with Crippen molar-refractivity contribution >= 4 is 11.8 Å². The van der Waals surface area contributed by atoms with Crippen LogP contribution in [0.4, 0.5) is 0 Å². The van der Waals surface area contributed by atoms with Crippen molar-refractivity contribution in [3.63, 3.8) is 0 Å². The van der Waals surface area contributed by atoms with E-state index in [1.54, 1.807) is 17.1 Å². The molecule has 1 N–H and O–H groups in total. The summed E-state index contributed by atoms with van der Waals surface area (Å²) in [6.45, 7) is 11.7. The van der Waals surface area contributed by atoms with Crippen LogP contribution in [0.2, 0.25) is 0 Å². The quantitative estimate of drug-likeness (QED) is 0.868. The Morgan fingerprint density at radius 1 is 1.27 bits per heavy atom. The molecule has 0 bridgehead atoms. The van der Waals surface area contributed by atoms with Gasteiger partial charge in [-0.15, -0.1) is 0 Å². The summed E-state index contributed by atoms with van der Waals surface area (Å²) in [7, 11) is 0. The molecule has 0 atom stereocenters. The molecule has 1 aliphatic heterocycles. The molecule has 0 spiro atoms. The number of carbonyl (C=O) groups excluding carboxylic acids is 2. The molecule has 0 aromatic rings. The van der Waals surface area contributed by atoms with E-state index in [1.807, 2.05) is 0 Å². The maximum atomic E-state index is 12.2. The molecule has 1 aliphatic carbocycles. The Bertz CT molecular complexity index is 462. The molecular formula is C18H28N2O2. The van der Waals surface area contributed by atoms with Gasteiger partial charge in [0.15, 0.2) is 0 Å². The highest BCUT2D eigenvalue weighted by Crippen LogP contribution is 2.31. The molecule has 122 valence electrons. The third kappa shape index (κ3) is 4.46. The first-order valence-electron chi connectivity index (χ1n) is 8.22. The Kier molecular flexibility index (Phi) is 5.09. The first-order valence-corrected chi connectivity index (χ1v) is 8.22. The van der Waals surface area contributed by atoms with Gasteiger partial charge in [-0.25, -0.2) is 0 Å². The minimum Gasteiger partial charge on any atom is -0.355 e. The lowest BCUT2D eigenvalue weighted by Crippen LogP contribution is -2.39. The smallest absolute Gasteiger partial charge is 0.251 e. The van der Waals surface area contributed by atoms with E-state index in [9.17, 15) is 9.59 Å². The van der Waals surface area contributed by atoms with Gasteiger partial charge in [-0.05, 0) is 43.1 Å². The Labute approximate surface area is 133 Å². The van der Waals surface area contributed by atoms with Gasteiger partial charge in [-0.3, -0.25) is 9.59 Å². The first-order chi connectivity index (χ1) is 10.3. The molecule has 22 heavy (non-hydrogen) atoms. The topological polar surface area (TPSA) is 49.4 Å². The second-order valence-corrected chi connectivity index (χ2v) is 7.77. The molecule has 0 saturated heterocycles. The zero-order valence-corrected chi connectivity index (χ0v) is 14.0. The lowest BCUT2D eigenvalue weighted by atomic mass is 9.81. The number of hydrogen-bond acceptors (Lipinski definition) is 2. The molecule has 0 aromatic carbocycles. The van der Waals surface area contributed by atoms with Crippen LogP contribution in [-0.4, -0.2) is 29.8 Å². The van der Waals surface area contributed by atoms with Gasteiger partial charge >= 0.3 is 0 Å². The fraction of sp³-hybridized carbons (Fsp3) is 0.667. The molecule has 2 amide bonds. The van der Waals surface area contributed by atoms with Crippen LogP contribution >= 0.6 is 0 Å². The number of nitrogens with zero attached hydrogens (tertiary/aromatic N) is 1. The normalized spacial score (nSPS) is 25.7. The van der Waals surface area contributed by atoms with Crippen LogP contribution in [0.25, 0.3) is 0 Å². The van der Waals surface area contributed by atoms with E-state index in [2.05, 4.69) is 32.7 Å². The van der Waals surface area contributed by atoms with E-state index in [4.69, 9.17) is 0 Å². The lowest BCUT2D eigenvalue weighted by Gasteiger charge is -2.31. The highest BCUT2D eigenvalue weighted by atomic mass is 16.2. The molecule has 4 heteroatoms. The summed E-state index contributed by atoms with van der Waals surface area (Å²) in [6, 6.07) is 0. The van der Waals surface area contributed by atoms with Crippen molar-refractivity contribution < 1.29 is 9.59 Å². The molecule has 1 heterocycles. The van der Waals surface area contributed by atoms with Gasteiger partial charge in [-0.2, -0.15) is 0 Å². The number of carbonyl (C=O) groups is 2. The summed E-state index contributed by atoms with van der Waals surface area (Å²) in [5.74, 6) is 0.841. The predicted molar refractivity (Wildman–Crippen MR) is 87.9 cm³/mol. The molecule has 1 fully saturated rings. The van der Waals surface area contributed by atoms with Gasteiger partial charge in [0.2, 0.25) is 5.91 Å². The summed E-state index contributed by atoms with van der Waals surface area (Å²) < 4.78 is 0. The van der Waals surface area contributed by atoms with Gasteiger partial charge in [-0.1, -0.05) is 27.4 Å². The Morgan fingerprint density at radius 3 is 2.41 bits per heavy atom. The van der Waals surface area contributed by atoms with E-state index in [1.165, 1.54) is 0 Å². The number of rotatable bonds is 4. The van der Waals surface area contributed by atoms with E-state index >= 15 is 0 Å². The average molecular weight is 304 g/mol. The second kappa shape index (κ2) is 6.67. The second-order valence-electron chi connectivity index (χ2n) is 7.77. The number of hydrogen-bond donors (Lipinski definition) is 1. The fourth-order valence-corrected chi connectivity index (χ4v) is 3.06. The standard InChI is InChI=1S/C18H28N2O2/c1-13-5-10-16(21)20(13)11-14-6-8-15(9-7-14)17(22)19-12-18(2,3)4/h5,10,14-15H,1,6-9,11-12H2,2-4H3,(H,19,22). The fourth-order valence-electron chi connectivity index (χ4n) is 3.06. The summed E-state index contributed by atoms with van der Waals surface area (Å²) in [4.78, 5) is 25.7. The number of amides is 2. The molecule has 0 unspecified atom stereocenters. The van der Waals surface area contributed by atoms with Crippen molar-refractivity contribution in [3.8, 4) is 0 Å². The molecule has 0 aromatic heterocycles. The van der Waals surface area contributed by atoms with Gasteiger partial charge in [0, 0.05) is 30.8 Å². The van der Waals surface area contributed by atoms with Gasteiger partial charge in [0.05, 0.1) is 0 Å². The SMILES string of the molecule is C=C1C=CC(=O)N1CC1CCC(C(=O)NCC(C)(C)C)CC1. The van der Waals surface area contributed by atoms with Crippen LogP contribution in [0, 0.1) is 17.3 Å². The van der Waals surface area contributed by atoms with Crippen LogP contribution in [0.5, 0.6) is 0 Å². The lowest BCUT2D eigenvalue weighted by molar-refractivity contribution is -0.127. The molecule has 2 aliphatic rings. The third-order valence-corrected chi connectivity index (χ3v) is 4.48. The first kappa shape index (κ1) is 16.8. The minimum absolute atomic E-state index is 0.0371. The monoisotopic (exact) mass is 304 g/mol. The molecule has 0 radical (unpaired) electrons. The zero-order chi connectivity index (χ0) is 16.3. The van der Waals surface area contributed by atoms with Crippen molar-refractivity contribution in [2.45, 2.75) is 46.5 Å². The average Bonchev–Trinajstić information content (AvgIpc) is 2.77. The van der Waals surface area contributed by atoms with Gasteiger partial charge in [0.1, 0.15) is 0 Å².